The first kappa shape index (κ1) is 15.0. The molecule has 17 heavy (non-hydrogen) atoms. The molecule has 1 rings (SSSR count). The molecular weight excluding hydrogens is 250 g/mol. The Morgan fingerprint density at radius 3 is 2.59 bits per heavy atom. The summed E-state index contributed by atoms with van der Waals surface area (Å²) in [6.45, 7) is 5.56. The van der Waals surface area contributed by atoms with Crippen molar-refractivity contribution in [3.63, 3.8) is 0 Å². The number of unbranched alkanes of at least 4 members (excludes halogenated alkanes) is 3. The summed E-state index contributed by atoms with van der Waals surface area (Å²) in [6.07, 6.45) is 7.73. The zero-order valence-electron chi connectivity index (χ0n) is 11.0. The average molecular weight is 274 g/mol. The maximum atomic E-state index is 6.01. The Bertz CT molecular complexity index is 298. The minimum Gasteiger partial charge on any atom is -0.309 e. The summed E-state index contributed by atoms with van der Waals surface area (Å²) in [4.78, 5) is 1.39. The number of thiophene rings is 1. The Morgan fingerprint density at radius 1 is 1.18 bits per heavy atom. The van der Waals surface area contributed by atoms with Crippen LogP contribution in [0.4, 0.5) is 0 Å². The van der Waals surface area contributed by atoms with Crippen LogP contribution in [0, 0.1) is 0 Å². The van der Waals surface area contributed by atoms with Gasteiger partial charge in [0.25, 0.3) is 0 Å². The van der Waals surface area contributed by atoms with Gasteiger partial charge in [-0.3, -0.25) is 0 Å². The van der Waals surface area contributed by atoms with E-state index in [9.17, 15) is 0 Å². The van der Waals surface area contributed by atoms with E-state index in [0.29, 0.717) is 6.04 Å². The Labute approximate surface area is 115 Å². The molecule has 0 fully saturated rings. The van der Waals surface area contributed by atoms with Crippen LogP contribution in [-0.4, -0.2) is 6.54 Å². The highest BCUT2D eigenvalue weighted by molar-refractivity contribution is 7.16. The topological polar surface area (TPSA) is 12.0 Å². The SMILES string of the molecule is CCCCCCC(NCCC)c1ccc(Cl)s1. The van der Waals surface area contributed by atoms with Gasteiger partial charge in [-0.25, -0.2) is 0 Å². The van der Waals surface area contributed by atoms with E-state index in [1.54, 1.807) is 11.3 Å². The van der Waals surface area contributed by atoms with Crippen molar-refractivity contribution >= 4 is 22.9 Å². The van der Waals surface area contributed by atoms with Crippen LogP contribution < -0.4 is 5.32 Å². The number of rotatable bonds is 9. The maximum Gasteiger partial charge on any atom is 0.0931 e. The molecule has 0 radical (unpaired) electrons. The van der Waals surface area contributed by atoms with E-state index in [4.69, 9.17) is 11.6 Å². The smallest absolute Gasteiger partial charge is 0.0931 e. The second kappa shape index (κ2) is 8.96. The third kappa shape index (κ3) is 5.89. The summed E-state index contributed by atoms with van der Waals surface area (Å²) >= 11 is 7.73. The molecular formula is C14H24ClNS. The minimum atomic E-state index is 0.504. The molecule has 0 aliphatic rings. The molecule has 0 bridgehead atoms. The first-order valence-corrected chi connectivity index (χ1v) is 7.96. The fraction of sp³-hybridized carbons (Fsp3) is 0.714. The van der Waals surface area contributed by atoms with Crippen LogP contribution in [0.25, 0.3) is 0 Å². The Hall–Kier alpha value is -0.0500. The second-order valence-electron chi connectivity index (χ2n) is 4.50. The van der Waals surface area contributed by atoms with Gasteiger partial charge in [-0.1, -0.05) is 51.1 Å². The minimum absolute atomic E-state index is 0.504. The highest BCUT2D eigenvalue weighted by atomic mass is 35.5. The van der Waals surface area contributed by atoms with Crippen molar-refractivity contribution in [1.29, 1.82) is 0 Å². The summed E-state index contributed by atoms with van der Waals surface area (Å²) in [5.41, 5.74) is 0. The largest absolute Gasteiger partial charge is 0.309 e. The number of hydrogen-bond donors (Lipinski definition) is 1. The highest BCUT2D eigenvalue weighted by Gasteiger charge is 2.12. The van der Waals surface area contributed by atoms with Crippen LogP contribution in [0.2, 0.25) is 4.34 Å². The second-order valence-corrected chi connectivity index (χ2v) is 6.24. The lowest BCUT2D eigenvalue weighted by atomic mass is 10.1. The molecule has 0 aromatic carbocycles. The summed E-state index contributed by atoms with van der Waals surface area (Å²) in [7, 11) is 0. The molecule has 0 saturated carbocycles. The molecule has 98 valence electrons. The molecule has 1 nitrogen and oxygen atoms in total. The van der Waals surface area contributed by atoms with E-state index in [1.807, 2.05) is 6.07 Å². The average Bonchev–Trinajstić information content (AvgIpc) is 2.75. The van der Waals surface area contributed by atoms with E-state index in [1.165, 1.54) is 43.4 Å². The van der Waals surface area contributed by atoms with E-state index in [0.717, 1.165) is 10.9 Å². The van der Waals surface area contributed by atoms with Crippen LogP contribution in [0.15, 0.2) is 12.1 Å². The van der Waals surface area contributed by atoms with E-state index < -0.39 is 0 Å². The zero-order chi connectivity index (χ0) is 12.5. The van der Waals surface area contributed by atoms with Gasteiger partial charge in [-0.05, 0) is 31.5 Å². The number of nitrogens with one attached hydrogen (secondary N) is 1. The highest BCUT2D eigenvalue weighted by Crippen LogP contribution is 2.29. The summed E-state index contributed by atoms with van der Waals surface area (Å²) in [6, 6.07) is 4.68. The van der Waals surface area contributed by atoms with Gasteiger partial charge in [0.1, 0.15) is 0 Å². The third-order valence-corrected chi connectivity index (χ3v) is 4.27. The standard InChI is InChI=1S/C14H24ClNS/c1-3-5-6-7-8-12(16-11-4-2)13-9-10-14(15)17-13/h9-10,12,16H,3-8,11H2,1-2H3. The monoisotopic (exact) mass is 273 g/mol. The quantitative estimate of drug-likeness (QED) is 0.593. The molecule has 0 aliphatic heterocycles. The normalized spacial score (nSPS) is 12.9. The summed E-state index contributed by atoms with van der Waals surface area (Å²) in [5.74, 6) is 0. The lowest BCUT2D eigenvalue weighted by Crippen LogP contribution is -2.21. The predicted octanol–water partition coefficient (Wildman–Crippen LogP) is 5.41. The molecule has 1 aromatic heterocycles. The van der Waals surface area contributed by atoms with Crippen molar-refractivity contribution in [2.75, 3.05) is 6.54 Å². The van der Waals surface area contributed by atoms with Crippen molar-refractivity contribution in [3.8, 4) is 0 Å². The number of halogens is 1. The molecule has 1 N–H and O–H groups in total. The van der Waals surface area contributed by atoms with Crippen molar-refractivity contribution in [2.24, 2.45) is 0 Å². The molecule has 0 amide bonds. The van der Waals surface area contributed by atoms with Crippen LogP contribution in [0.1, 0.15) is 63.3 Å². The Balaban J connectivity index is 2.42. The van der Waals surface area contributed by atoms with Gasteiger partial charge in [0.05, 0.1) is 4.34 Å². The molecule has 0 spiro atoms. The molecule has 0 aliphatic carbocycles. The lowest BCUT2D eigenvalue weighted by Gasteiger charge is -2.16. The van der Waals surface area contributed by atoms with Gasteiger partial charge in [-0.2, -0.15) is 0 Å². The van der Waals surface area contributed by atoms with Crippen molar-refractivity contribution in [2.45, 2.75) is 58.4 Å². The summed E-state index contributed by atoms with van der Waals surface area (Å²) < 4.78 is 0.900. The van der Waals surface area contributed by atoms with E-state index in [-0.39, 0.29) is 0 Å². The van der Waals surface area contributed by atoms with Crippen molar-refractivity contribution in [3.05, 3.63) is 21.3 Å². The molecule has 3 heteroatoms. The number of hydrogen-bond acceptors (Lipinski definition) is 2. The molecule has 0 saturated heterocycles. The maximum absolute atomic E-state index is 6.01. The van der Waals surface area contributed by atoms with E-state index in [2.05, 4.69) is 25.2 Å². The zero-order valence-corrected chi connectivity index (χ0v) is 12.5. The van der Waals surface area contributed by atoms with Gasteiger partial charge in [0, 0.05) is 10.9 Å². The van der Waals surface area contributed by atoms with Crippen molar-refractivity contribution in [1.82, 2.24) is 5.32 Å². The first-order chi connectivity index (χ1) is 8.27. The fourth-order valence-electron chi connectivity index (χ4n) is 1.95. The molecule has 1 unspecified atom stereocenters. The Morgan fingerprint density at radius 2 is 2.00 bits per heavy atom. The fourth-order valence-corrected chi connectivity index (χ4v) is 3.13. The molecule has 1 atom stereocenters. The first-order valence-electron chi connectivity index (χ1n) is 6.76. The van der Waals surface area contributed by atoms with Gasteiger partial charge >= 0.3 is 0 Å². The van der Waals surface area contributed by atoms with Gasteiger partial charge in [-0.15, -0.1) is 11.3 Å². The van der Waals surface area contributed by atoms with Crippen LogP contribution >= 0.6 is 22.9 Å². The molecule has 1 aromatic rings. The van der Waals surface area contributed by atoms with Crippen LogP contribution in [0.5, 0.6) is 0 Å². The van der Waals surface area contributed by atoms with Gasteiger partial charge in [0.15, 0.2) is 0 Å². The van der Waals surface area contributed by atoms with Gasteiger partial charge < -0.3 is 5.32 Å². The lowest BCUT2D eigenvalue weighted by molar-refractivity contribution is 0.476. The van der Waals surface area contributed by atoms with Crippen LogP contribution in [-0.2, 0) is 0 Å². The Kier molecular flexibility index (Phi) is 7.91. The van der Waals surface area contributed by atoms with Crippen LogP contribution in [0.3, 0.4) is 0 Å². The van der Waals surface area contributed by atoms with Crippen molar-refractivity contribution < 1.29 is 0 Å². The summed E-state index contributed by atoms with van der Waals surface area (Å²) in [5, 5.41) is 3.63. The molecule has 1 heterocycles. The third-order valence-electron chi connectivity index (χ3n) is 2.92. The van der Waals surface area contributed by atoms with Gasteiger partial charge in [0.2, 0.25) is 0 Å². The van der Waals surface area contributed by atoms with E-state index >= 15 is 0 Å². The predicted molar refractivity (Wildman–Crippen MR) is 79.1 cm³/mol.